The number of nitrogens with zero attached hydrogens (tertiary/aromatic N) is 2. The van der Waals surface area contributed by atoms with Crippen molar-refractivity contribution in [2.75, 3.05) is 0 Å². The van der Waals surface area contributed by atoms with Gasteiger partial charge in [0.25, 0.3) is 0 Å². The van der Waals surface area contributed by atoms with Crippen LogP contribution in [0.15, 0.2) is 36.7 Å². The summed E-state index contributed by atoms with van der Waals surface area (Å²) >= 11 is 0. The number of hydrogen-bond acceptors (Lipinski definition) is 3. The minimum atomic E-state index is -0.468. The predicted molar refractivity (Wildman–Crippen MR) is 71.9 cm³/mol. The number of benzene rings is 1. The fraction of sp³-hybridized carbons (Fsp3) is 0.400. The number of aliphatic hydroxyl groups is 1. The molecule has 0 radical (unpaired) electrons. The highest BCUT2D eigenvalue weighted by molar-refractivity contribution is 5.37. The van der Waals surface area contributed by atoms with Gasteiger partial charge in [0.1, 0.15) is 11.9 Å². The summed E-state index contributed by atoms with van der Waals surface area (Å²) in [6.07, 6.45) is 4.89. The Morgan fingerprint density at radius 2 is 2.26 bits per heavy atom. The fourth-order valence-electron chi connectivity index (χ4n) is 2.50. The van der Waals surface area contributed by atoms with Gasteiger partial charge >= 0.3 is 0 Å². The van der Waals surface area contributed by atoms with E-state index < -0.39 is 6.10 Å². The van der Waals surface area contributed by atoms with Crippen LogP contribution in [0.3, 0.4) is 0 Å². The maximum Gasteiger partial charge on any atom is 0.130 e. The second-order valence-corrected chi connectivity index (χ2v) is 4.93. The Bertz CT molecular complexity index is 565. The van der Waals surface area contributed by atoms with Crippen LogP contribution in [0.25, 0.3) is 0 Å². The molecule has 19 heavy (non-hydrogen) atoms. The van der Waals surface area contributed by atoms with Gasteiger partial charge in [0, 0.05) is 30.3 Å². The number of ether oxygens (including phenoxy) is 1. The van der Waals surface area contributed by atoms with Gasteiger partial charge in [-0.3, -0.25) is 4.68 Å². The molecular weight excluding hydrogens is 240 g/mol. The van der Waals surface area contributed by atoms with E-state index in [4.69, 9.17) is 4.74 Å². The molecule has 1 N–H and O–H groups in total. The second kappa shape index (κ2) is 5.05. The maximum absolute atomic E-state index is 10.2. The highest BCUT2D eigenvalue weighted by atomic mass is 16.5. The zero-order chi connectivity index (χ0) is 13.2. The number of para-hydroxylation sites is 1. The van der Waals surface area contributed by atoms with E-state index in [1.54, 1.807) is 0 Å². The molecule has 4 heteroatoms. The second-order valence-electron chi connectivity index (χ2n) is 4.93. The average molecular weight is 258 g/mol. The molecule has 1 aliphatic heterocycles. The van der Waals surface area contributed by atoms with Gasteiger partial charge in [0.05, 0.1) is 12.3 Å². The van der Waals surface area contributed by atoms with Crippen LogP contribution in [-0.2, 0) is 6.54 Å². The quantitative estimate of drug-likeness (QED) is 0.920. The summed E-state index contributed by atoms with van der Waals surface area (Å²) in [6.45, 7) is 3.03. The van der Waals surface area contributed by atoms with Crippen LogP contribution in [-0.4, -0.2) is 14.9 Å². The van der Waals surface area contributed by atoms with Crippen LogP contribution in [0.2, 0.25) is 0 Å². The standard InChI is InChI=1S/C15H18N2O2/c1-2-7-17-10-11(9-16-17)15-8-13(18)12-5-3-4-6-14(12)19-15/h3-6,9-10,13,15,18H,2,7-8H2,1H3. The average Bonchev–Trinajstić information content (AvgIpc) is 2.88. The number of aliphatic hydroxyl groups excluding tert-OH is 1. The molecule has 3 rings (SSSR count). The van der Waals surface area contributed by atoms with Crippen molar-refractivity contribution < 1.29 is 9.84 Å². The zero-order valence-electron chi connectivity index (χ0n) is 11.0. The van der Waals surface area contributed by atoms with E-state index in [0.29, 0.717) is 6.42 Å². The fourth-order valence-corrected chi connectivity index (χ4v) is 2.50. The van der Waals surface area contributed by atoms with Crippen molar-refractivity contribution >= 4 is 0 Å². The summed E-state index contributed by atoms with van der Waals surface area (Å²) < 4.78 is 7.89. The lowest BCUT2D eigenvalue weighted by atomic mass is 9.96. The smallest absolute Gasteiger partial charge is 0.130 e. The summed E-state index contributed by atoms with van der Waals surface area (Å²) in [5.41, 5.74) is 1.90. The van der Waals surface area contributed by atoms with E-state index in [1.165, 1.54) is 0 Å². The molecule has 0 fully saturated rings. The Hall–Kier alpha value is -1.81. The van der Waals surface area contributed by atoms with Gasteiger partial charge in [-0.2, -0.15) is 5.10 Å². The molecule has 0 saturated heterocycles. The lowest BCUT2D eigenvalue weighted by Gasteiger charge is -2.28. The van der Waals surface area contributed by atoms with Crippen molar-refractivity contribution in [1.29, 1.82) is 0 Å². The molecule has 2 heterocycles. The number of hydrogen-bond donors (Lipinski definition) is 1. The molecule has 100 valence electrons. The predicted octanol–water partition coefficient (Wildman–Crippen LogP) is 2.85. The SMILES string of the molecule is CCCn1cc(C2CC(O)c3ccccc3O2)cn1. The maximum atomic E-state index is 10.2. The van der Waals surface area contributed by atoms with Crippen LogP contribution in [0.5, 0.6) is 5.75 Å². The molecular formula is C15H18N2O2. The topological polar surface area (TPSA) is 47.3 Å². The Morgan fingerprint density at radius 1 is 1.42 bits per heavy atom. The van der Waals surface area contributed by atoms with Gasteiger partial charge in [0.2, 0.25) is 0 Å². The Kier molecular flexibility index (Phi) is 3.25. The molecule has 4 nitrogen and oxygen atoms in total. The van der Waals surface area contributed by atoms with Gasteiger partial charge in [-0.25, -0.2) is 0 Å². The van der Waals surface area contributed by atoms with Crippen molar-refractivity contribution in [2.45, 2.75) is 38.5 Å². The molecule has 1 aliphatic rings. The van der Waals surface area contributed by atoms with E-state index in [0.717, 1.165) is 29.8 Å². The first-order valence-corrected chi connectivity index (χ1v) is 6.74. The molecule has 2 aromatic rings. The van der Waals surface area contributed by atoms with Crippen LogP contribution < -0.4 is 4.74 Å². The molecule has 0 amide bonds. The number of aromatic nitrogens is 2. The molecule has 2 atom stereocenters. The van der Waals surface area contributed by atoms with Crippen molar-refractivity contribution in [1.82, 2.24) is 9.78 Å². The van der Waals surface area contributed by atoms with Gasteiger partial charge < -0.3 is 9.84 Å². The van der Waals surface area contributed by atoms with E-state index >= 15 is 0 Å². The Balaban J connectivity index is 1.84. The molecule has 1 aromatic heterocycles. The first kappa shape index (κ1) is 12.2. The number of rotatable bonds is 3. The van der Waals surface area contributed by atoms with Crippen molar-refractivity contribution in [3.8, 4) is 5.75 Å². The minimum absolute atomic E-state index is 0.115. The van der Waals surface area contributed by atoms with Crippen molar-refractivity contribution in [2.24, 2.45) is 0 Å². The molecule has 0 bridgehead atoms. The summed E-state index contributed by atoms with van der Waals surface area (Å²) in [6, 6.07) is 7.66. The summed E-state index contributed by atoms with van der Waals surface area (Å²) in [5, 5.41) is 14.5. The van der Waals surface area contributed by atoms with Crippen molar-refractivity contribution in [3.63, 3.8) is 0 Å². The van der Waals surface area contributed by atoms with E-state index in [-0.39, 0.29) is 6.10 Å². The first-order valence-electron chi connectivity index (χ1n) is 6.74. The largest absolute Gasteiger partial charge is 0.485 e. The normalized spacial score (nSPS) is 21.8. The first-order chi connectivity index (χ1) is 9.28. The lowest BCUT2D eigenvalue weighted by molar-refractivity contribution is 0.0657. The molecule has 1 aromatic carbocycles. The monoisotopic (exact) mass is 258 g/mol. The van der Waals surface area contributed by atoms with E-state index in [1.807, 2.05) is 41.3 Å². The molecule has 2 unspecified atom stereocenters. The summed E-state index contributed by atoms with van der Waals surface area (Å²) in [4.78, 5) is 0. The van der Waals surface area contributed by atoms with Gasteiger partial charge in [0.15, 0.2) is 0 Å². The van der Waals surface area contributed by atoms with Crippen molar-refractivity contribution in [3.05, 3.63) is 47.8 Å². The van der Waals surface area contributed by atoms with Gasteiger partial charge in [-0.15, -0.1) is 0 Å². The summed E-state index contributed by atoms with van der Waals surface area (Å²) in [5.74, 6) is 0.773. The van der Waals surface area contributed by atoms with Crippen LogP contribution >= 0.6 is 0 Å². The van der Waals surface area contributed by atoms with Crippen LogP contribution in [0.1, 0.15) is 43.1 Å². The highest BCUT2D eigenvalue weighted by Crippen LogP contribution is 2.40. The van der Waals surface area contributed by atoms with E-state index in [2.05, 4.69) is 12.0 Å². The van der Waals surface area contributed by atoms with Gasteiger partial charge in [-0.05, 0) is 12.5 Å². The van der Waals surface area contributed by atoms with Crippen LogP contribution in [0, 0.1) is 0 Å². The Labute approximate surface area is 112 Å². The lowest BCUT2D eigenvalue weighted by Crippen LogP contribution is -2.18. The molecule has 0 aliphatic carbocycles. The highest BCUT2D eigenvalue weighted by Gasteiger charge is 2.28. The number of fused-ring (bicyclic) bond motifs is 1. The third-order valence-corrected chi connectivity index (χ3v) is 3.46. The Morgan fingerprint density at radius 3 is 3.11 bits per heavy atom. The van der Waals surface area contributed by atoms with E-state index in [9.17, 15) is 5.11 Å². The third kappa shape index (κ3) is 2.36. The number of aryl methyl sites for hydroxylation is 1. The van der Waals surface area contributed by atoms with Crippen LogP contribution in [0.4, 0.5) is 0 Å². The van der Waals surface area contributed by atoms with Gasteiger partial charge in [-0.1, -0.05) is 25.1 Å². The zero-order valence-corrected chi connectivity index (χ0v) is 11.0. The molecule has 0 saturated carbocycles. The third-order valence-electron chi connectivity index (χ3n) is 3.46. The minimum Gasteiger partial charge on any atom is -0.485 e. The summed E-state index contributed by atoms with van der Waals surface area (Å²) in [7, 11) is 0. The molecule has 0 spiro atoms.